The highest BCUT2D eigenvalue weighted by atomic mass is 16.5. The maximum absolute atomic E-state index is 12.8. The maximum atomic E-state index is 12.8. The molecule has 7 heteroatoms. The molecule has 34 heavy (non-hydrogen) atoms. The van der Waals surface area contributed by atoms with Crippen molar-refractivity contribution < 1.29 is 24.2 Å². The van der Waals surface area contributed by atoms with Gasteiger partial charge in [0.25, 0.3) is 0 Å². The lowest BCUT2D eigenvalue weighted by molar-refractivity contribution is -0.144. The van der Waals surface area contributed by atoms with E-state index in [-0.39, 0.29) is 30.4 Å². The van der Waals surface area contributed by atoms with Crippen LogP contribution in [0.15, 0.2) is 48.5 Å². The molecule has 3 N–H and O–H groups in total. The first-order chi connectivity index (χ1) is 16.4. The number of alkyl carbamates (subject to hydrolysis) is 1. The third-order valence-corrected chi connectivity index (χ3v) is 7.28. The van der Waals surface area contributed by atoms with E-state index in [1.54, 1.807) is 6.92 Å². The van der Waals surface area contributed by atoms with Gasteiger partial charge in [-0.3, -0.25) is 4.79 Å². The predicted molar refractivity (Wildman–Crippen MR) is 128 cm³/mol. The van der Waals surface area contributed by atoms with Gasteiger partial charge in [0.15, 0.2) is 0 Å². The molecular weight excluding hydrogens is 432 g/mol. The lowest BCUT2D eigenvalue weighted by Gasteiger charge is -2.25. The van der Waals surface area contributed by atoms with Crippen molar-refractivity contribution in [3.8, 4) is 11.1 Å². The predicted octanol–water partition coefficient (Wildman–Crippen LogP) is 4.31. The Balaban J connectivity index is 1.37. The highest BCUT2D eigenvalue weighted by molar-refractivity contribution is 5.86. The molecule has 4 rings (SSSR count). The van der Waals surface area contributed by atoms with Gasteiger partial charge >= 0.3 is 12.1 Å². The zero-order chi connectivity index (χ0) is 24.2. The molecule has 2 aromatic carbocycles. The van der Waals surface area contributed by atoms with Crippen LogP contribution < -0.4 is 10.6 Å². The van der Waals surface area contributed by atoms with Crippen LogP contribution >= 0.6 is 0 Å². The quantitative estimate of drug-likeness (QED) is 0.540. The molecule has 2 aromatic rings. The molecule has 1 fully saturated rings. The molecule has 0 spiro atoms. The van der Waals surface area contributed by atoms with Crippen molar-refractivity contribution >= 4 is 18.0 Å². The summed E-state index contributed by atoms with van der Waals surface area (Å²) in [5, 5.41) is 15.0. The van der Waals surface area contributed by atoms with Gasteiger partial charge in [0.2, 0.25) is 5.91 Å². The zero-order valence-electron chi connectivity index (χ0n) is 19.6. The van der Waals surface area contributed by atoms with Crippen molar-refractivity contribution in [1.29, 1.82) is 0 Å². The largest absolute Gasteiger partial charge is 0.480 e. The Morgan fingerprint density at radius 3 is 2.24 bits per heavy atom. The molecule has 4 unspecified atom stereocenters. The summed E-state index contributed by atoms with van der Waals surface area (Å²) in [4.78, 5) is 37.1. The van der Waals surface area contributed by atoms with E-state index in [9.17, 15) is 19.5 Å². The molecule has 2 aliphatic carbocycles. The smallest absolute Gasteiger partial charge is 0.407 e. The molecule has 2 aliphatic rings. The molecule has 2 amide bonds. The number of hydrogen-bond donors (Lipinski definition) is 3. The summed E-state index contributed by atoms with van der Waals surface area (Å²) in [7, 11) is 0. The van der Waals surface area contributed by atoms with Gasteiger partial charge in [0, 0.05) is 12.0 Å². The molecule has 7 nitrogen and oxygen atoms in total. The van der Waals surface area contributed by atoms with Crippen LogP contribution in [-0.2, 0) is 14.3 Å². The summed E-state index contributed by atoms with van der Waals surface area (Å²) < 4.78 is 5.63. The SMILES string of the molecule is CCC(C)C(NC(=O)C1CCCC1NC(=O)OCC1c2ccccc2-c2ccccc21)C(=O)O. The molecule has 180 valence electrons. The van der Waals surface area contributed by atoms with E-state index in [1.807, 2.05) is 31.2 Å². The van der Waals surface area contributed by atoms with Crippen molar-refractivity contribution in [1.82, 2.24) is 10.6 Å². The molecule has 0 aliphatic heterocycles. The summed E-state index contributed by atoms with van der Waals surface area (Å²) in [5.41, 5.74) is 4.60. The minimum atomic E-state index is -1.04. The lowest BCUT2D eigenvalue weighted by Crippen LogP contribution is -2.50. The number of aliphatic carboxylic acids is 1. The van der Waals surface area contributed by atoms with E-state index in [0.717, 1.165) is 28.7 Å². The number of benzene rings is 2. The van der Waals surface area contributed by atoms with E-state index in [4.69, 9.17) is 4.74 Å². The summed E-state index contributed by atoms with van der Waals surface area (Å²) in [6, 6.07) is 15.0. The van der Waals surface area contributed by atoms with E-state index < -0.39 is 24.0 Å². The maximum Gasteiger partial charge on any atom is 0.407 e. The first-order valence-electron chi connectivity index (χ1n) is 12.0. The third kappa shape index (κ3) is 4.79. The van der Waals surface area contributed by atoms with Gasteiger partial charge in [-0.05, 0) is 41.0 Å². The highest BCUT2D eigenvalue weighted by Gasteiger charge is 2.37. The molecule has 1 saturated carbocycles. The van der Waals surface area contributed by atoms with Crippen LogP contribution in [0.1, 0.15) is 56.6 Å². The van der Waals surface area contributed by atoms with Crippen molar-refractivity contribution in [3.63, 3.8) is 0 Å². The number of carboxylic acid groups (broad SMARTS) is 1. The number of ether oxygens (including phenoxy) is 1. The topological polar surface area (TPSA) is 105 Å². The fourth-order valence-electron chi connectivity index (χ4n) is 5.18. The summed E-state index contributed by atoms with van der Waals surface area (Å²) in [5.74, 6) is -2.05. The summed E-state index contributed by atoms with van der Waals surface area (Å²) in [6.45, 7) is 3.91. The average molecular weight is 465 g/mol. The number of carbonyl (C=O) groups is 3. The fourth-order valence-corrected chi connectivity index (χ4v) is 5.18. The van der Waals surface area contributed by atoms with Crippen LogP contribution in [0.4, 0.5) is 4.79 Å². The second-order valence-corrected chi connectivity index (χ2v) is 9.32. The Labute approximate surface area is 199 Å². The minimum Gasteiger partial charge on any atom is -0.480 e. The minimum absolute atomic E-state index is 0.0346. The van der Waals surface area contributed by atoms with Crippen LogP contribution in [0, 0.1) is 11.8 Å². The molecule has 0 bridgehead atoms. The van der Waals surface area contributed by atoms with Crippen LogP contribution in [0.5, 0.6) is 0 Å². The number of carboxylic acids is 1. The Hall–Kier alpha value is -3.35. The fraction of sp³-hybridized carbons (Fsp3) is 0.444. The zero-order valence-corrected chi connectivity index (χ0v) is 19.6. The summed E-state index contributed by atoms with van der Waals surface area (Å²) in [6.07, 6.45) is 2.14. The van der Waals surface area contributed by atoms with Gasteiger partial charge in [-0.25, -0.2) is 9.59 Å². The Morgan fingerprint density at radius 1 is 1.03 bits per heavy atom. The number of rotatable bonds is 8. The summed E-state index contributed by atoms with van der Waals surface area (Å²) >= 11 is 0. The lowest BCUT2D eigenvalue weighted by atomic mass is 9.96. The highest BCUT2D eigenvalue weighted by Crippen LogP contribution is 2.44. The van der Waals surface area contributed by atoms with Crippen molar-refractivity contribution in [2.45, 2.75) is 57.5 Å². The van der Waals surface area contributed by atoms with Gasteiger partial charge in [-0.15, -0.1) is 0 Å². The van der Waals surface area contributed by atoms with Crippen molar-refractivity contribution in [2.75, 3.05) is 6.61 Å². The number of fused-ring (bicyclic) bond motifs is 3. The number of nitrogens with one attached hydrogen (secondary N) is 2. The molecule has 0 saturated heterocycles. The second kappa shape index (κ2) is 10.3. The molecule has 4 atom stereocenters. The van der Waals surface area contributed by atoms with Crippen LogP contribution in [0.2, 0.25) is 0 Å². The van der Waals surface area contributed by atoms with Crippen molar-refractivity contribution in [2.24, 2.45) is 11.8 Å². The first kappa shape index (κ1) is 23.8. The van der Waals surface area contributed by atoms with Crippen LogP contribution in [0.3, 0.4) is 0 Å². The Kier molecular flexibility index (Phi) is 7.20. The normalized spacial score (nSPS) is 20.6. The van der Waals surface area contributed by atoms with Gasteiger partial charge < -0.3 is 20.5 Å². The van der Waals surface area contributed by atoms with Gasteiger partial charge in [0.1, 0.15) is 12.6 Å². The first-order valence-corrected chi connectivity index (χ1v) is 12.0. The van der Waals surface area contributed by atoms with E-state index in [2.05, 4.69) is 34.9 Å². The second-order valence-electron chi connectivity index (χ2n) is 9.32. The van der Waals surface area contributed by atoms with Crippen LogP contribution in [-0.4, -0.2) is 41.8 Å². The van der Waals surface area contributed by atoms with E-state index >= 15 is 0 Å². The van der Waals surface area contributed by atoms with Crippen molar-refractivity contribution in [3.05, 3.63) is 59.7 Å². The van der Waals surface area contributed by atoms with E-state index in [0.29, 0.717) is 19.3 Å². The number of hydrogen-bond acceptors (Lipinski definition) is 4. The standard InChI is InChI=1S/C27H32N2O5/c1-3-16(2)24(26(31)32)29-25(30)21-13-8-14-23(21)28-27(33)34-15-22-19-11-6-4-9-17(19)18-10-5-7-12-20(18)22/h4-7,9-12,16,21-24H,3,8,13-15H2,1-2H3,(H,28,33)(H,29,30)(H,31,32). The molecule has 0 heterocycles. The molecular formula is C27H32N2O5. The number of carbonyl (C=O) groups excluding carboxylic acids is 2. The Morgan fingerprint density at radius 2 is 1.65 bits per heavy atom. The Bertz CT molecular complexity index is 1020. The number of amides is 2. The van der Waals surface area contributed by atoms with E-state index in [1.165, 1.54) is 0 Å². The monoisotopic (exact) mass is 464 g/mol. The van der Waals surface area contributed by atoms with Gasteiger partial charge in [0.05, 0.1) is 5.92 Å². The van der Waals surface area contributed by atoms with Gasteiger partial charge in [-0.1, -0.05) is 75.2 Å². The average Bonchev–Trinajstić information content (AvgIpc) is 3.43. The third-order valence-electron chi connectivity index (χ3n) is 7.28. The van der Waals surface area contributed by atoms with Gasteiger partial charge in [-0.2, -0.15) is 0 Å². The molecule has 0 radical (unpaired) electrons. The molecule has 0 aromatic heterocycles. The van der Waals surface area contributed by atoms with Crippen LogP contribution in [0.25, 0.3) is 11.1 Å².